The molecule has 7 heteroatoms. The van der Waals surface area contributed by atoms with E-state index < -0.39 is 11.9 Å². The van der Waals surface area contributed by atoms with Crippen molar-refractivity contribution in [3.8, 4) is 0 Å². The van der Waals surface area contributed by atoms with Gasteiger partial charge in [0.1, 0.15) is 5.92 Å². The number of rotatable bonds is 3. The number of carboxylic acids is 1. The van der Waals surface area contributed by atoms with Gasteiger partial charge in [-0.05, 0) is 10.4 Å². The molecule has 1 unspecified atom stereocenters. The first-order chi connectivity index (χ1) is 5.66. The minimum atomic E-state index is -1.02. The summed E-state index contributed by atoms with van der Waals surface area (Å²) >= 11 is 0. The third-order valence-corrected chi connectivity index (χ3v) is 1.50. The molecule has 0 aliphatic heterocycles. The summed E-state index contributed by atoms with van der Waals surface area (Å²) < 4.78 is 1.30. The van der Waals surface area contributed by atoms with Gasteiger partial charge >= 0.3 is 5.97 Å². The zero-order valence-corrected chi connectivity index (χ0v) is 6.51. The Morgan fingerprint density at radius 2 is 2.50 bits per heavy atom. The average Bonchev–Trinajstić information content (AvgIpc) is 2.38. The summed E-state index contributed by atoms with van der Waals surface area (Å²) in [4.78, 5) is 10.6. The molecule has 0 fully saturated rings. The maximum atomic E-state index is 10.6. The molecule has 0 bridgehead atoms. The molecule has 0 spiro atoms. The quantitative estimate of drug-likeness (QED) is 0.563. The molecule has 0 amide bonds. The second kappa shape index (κ2) is 3.26. The summed E-state index contributed by atoms with van der Waals surface area (Å²) in [6.45, 7) is -0.0104. The normalized spacial score (nSPS) is 12.8. The Bertz CT molecular complexity index is 283. The molecule has 0 aliphatic carbocycles. The van der Waals surface area contributed by atoms with E-state index in [0.717, 1.165) is 0 Å². The number of tetrazole rings is 1. The molecule has 1 atom stereocenters. The Hall–Kier alpha value is -1.50. The van der Waals surface area contributed by atoms with Crippen LogP contribution in [0.2, 0.25) is 0 Å². The third-order valence-electron chi connectivity index (χ3n) is 1.50. The van der Waals surface area contributed by atoms with Crippen LogP contribution in [-0.2, 0) is 11.8 Å². The van der Waals surface area contributed by atoms with Crippen LogP contribution in [0.3, 0.4) is 0 Å². The van der Waals surface area contributed by atoms with Gasteiger partial charge in [0, 0.05) is 13.6 Å². The van der Waals surface area contributed by atoms with E-state index in [1.165, 1.54) is 4.68 Å². The van der Waals surface area contributed by atoms with Crippen LogP contribution >= 0.6 is 0 Å². The minimum absolute atomic E-state index is 0.0104. The van der Waals surface area contributed by atoms with Crippen LogP contribution in [0.4, 0.5) is 0 Å². The highest BCUT2D eigenvalue weighted by Crippen LogP contribution is 2.08. The molecule has 66 valence electrons. The largest absolute Gasteiger partial charge is 0.481 e. The van der Waals surface area contributed by atoms with Crippen LogP contribution in [0, 0.1) is 0 Å². The standard InChI is InChI=1S/C5H9N5O2/c1-10-4(7-8-9-10)3(2-6)5(11)12/h3H,2,6H2,1H3,(H,11,12). The highest BCUT2D eigenvalue weighted by Gasteiger charge is 2.23. The molecule has 1 rings (SSSR count). The zero-order valence-electron chi connectivity index (χ0n) is 6.51. The topological polar surface area (TPSA) is 107 Å². The highest BCUT2D eigenvalue weighted by atomic mass is 16.4. The molecule has 0 saturated carbocycles. The maximum absolute atomic E-state index is 10.6. The van der Waals surface area contributed by atoms with Crippen LogP contribution in [0.1, 0.15) is 11.7 Å². The Morgan fingerprint density at radius 1 is 1.83 bits per heavy atom. The Morgan fingerprint density at radius 3 is 2.83 bits per heavy atom. The van der Waals surface area contributed by atoms with Gasteiger partial charge in [-0.25, -0.2) is 4.68 Å². The lowest BCUT2D eigenvalue weighted by Gasteiger charge is -2.05. The van der Waals surface area contributed by atoms with Crippen molar-refractivity contribution < 1.29 is 9.90 Å². The van der Waals surface area contributed by atoms with Gasteiger partial charge in [0.25, 0.3) is 0 Å². The predicted molar refractivity (Wildman–Crippen MR) is 38.2 cm³/mol. The van der Waals surface area contributed by atoms with Crippen LogP contribution in [0.25, 0.3) is 0 Å². The monoisotopic (exact) mass is 171 g/mol. The van der Waals surface area contributed by atoms with Gasteiger partial charge in [-0.3, -0.25) is 4.79 Å². The number of nitrogens with two attached hydrogens (primary N) is 1. The first-order valence-electron chi connectivity index (χ1n) is 3.32. The maximum Gasteiger partial charge on any atom is 0.315 e. The molecular weight excluding hydrogens is 162 g/mol. The smallest absolute Gasteiger partial charge is 0.315 e. The van der Waals surface area contributed by atoms with E-state index in [1.54, 1.807) is 7.05 Å². The first-order valence-corrected chi connectivity index (χ1v) is 3.32. The molecule has 12 heavy (non-hydrogen) atoms. The summed E-state index contributed by atoms with van der Waals surface area (Å²) in [5.41, 5.74) is 5.24. The average molecular weight is 171 g/mol. The van der Waals surface area contributed by atoms with Crippen molar-refractivity contribution in [1.82, 2.24) is 20.2 Å². The van der Waals surface area contributed by atoms with Gasteiger partial charge in [-0.1, -0.05) is 0 Å². The SMILES string of the molecule is Cn1nnnc1C(CN)C(=O)O. The van der Waals surface area contributed by atoms with E-state index in [9.17, 15) is 4.79 Å². The molecule has 7 nitrogen and oxygen atoms in total. The zero-order chi connectivity index (χ0) is 9.14. The van der Waals surface area contributed by atoms with Gasteiger partial charge in [0.2, 0.25) is 0 Å². The van der Waals surface area contributed by atoms with Gasteiger partial charge in [-0.2, -0.15) is 0 Å². The van der Waals surface area contributed by atoms with Crippen molar-refractivity contribution in [1.29, 1.82) is 0 Å². The molecule has 1 aromatic heterocycles. The number of aromatic nitrogens is 4. The Labute approximate surface area is 68.2 Å². The number of hydrogen-bond donors (Lipinski definition) is 2. The summed E-state index contributed by atoms with van der Waals surface area (Å²) in [5.74, 6) is -1.58. The third kappa shape index (κ3) is 1.40. The lowest BCUT2D eigenvalue weighted by atomic mass is 10.1. The van der Waals surface area contributed by atoms with Crippen molar-refractivity contribution in [2.45, 2.75) is 5.92 Å². The van der Waals surface area contributed by atoms with Crippen molar-refractivity contribution in [3.63, 3.8) is 0 Å². The summed E-state index contributed by atoms with van der Waals surface area (Å²) in [5, 5.41) is 19.1. The first kappa shape index (κ1) is 8.60. The van der Waals surface area contributed by atoms with Gasteiger partial charge in [0.15, 0.2) is 5.82 Å². The Kier molecular flexibility index (Phi) is 2.34. The number of aliphatic carboxylic acids is 1. The second-order valence-corrected chi connectivity index (χ2v) is 2.29. The van der Waals surface area contributed by atoms with Crippen molar-refractivity contribution >= 4 is 5.97 Å². The molecule has 1 aromatic rings. The fourth-order valence-corrected chi connectivity index (χ4v) is 0.848. The number of carboxylic acid groups (broad SMARTS) is 1. The van der Waals surface area contributed by atoms with E-state index in [1.807, 2.05) is 0 Å². The second-order valence-electron chi connectivity index (χ2n) is 2.29. The van der Waals surface area contributed by atoms with E-state index >= 15 is 0 Å². The van der Waals surface area contributed by atoms with Gasteiger partial charge in [-0.15, -0.1) is 5.10 Å². The molecule has 3 N–H and O–H groups in total. The fourth-order valence-electron chi connectivity index (χ4n) is 0.848. The summed E-state index contributed by atoms with van der Waals surface area (Å²) in [7, 11) is 1.57. The number of nitrogens with zero attached hydrogens (tertiary/aromatic N) is 4. The van der Waals surface area contributed by atoms with Crippen molar-refractivity contribution in [2.24, 2.45) is 12.8 Å². The van der Waals surface area contributed by atoms with E-state index in [4.69, 9.17) is 10.8 Å². The van der Waals surface area contributed by atoms with Crippen LogP contribution in [0.5, 0.6) is 0 Å². The van der Waals surface area contributed by atoms with Crippen LogP contribution in [-0.4, -0.2) is 37.8 Å². The van der Waals surface area contributed by atoms with Gasteiger partial charge < -0.3 is 10.8 Å². The Balaban J connectivity index is 2.94. The van der Waals surface area contributed by atoms with Gasteiger partial charge in [0.05, 0.1) is 0 Å². The summed E-state index contributed by atoms with van der Waals surface area (Å²) in [6.07, 6.45) is 0. The predicted octanol–water partition coefficient (Wildman–Crippen LogP) is -1.66. The van der Waals surface area contributed by atoms with Crippen molar-refractivity contribution in [3.05, 3.63) is 5.82 Å². The van der Waals surface area contributed by atoms with E-state index in [0.29, 0.717) is 0 Å². The molecule has 0 saturated heterocycles. The summed E-state index contributed by atoms with van der Waals surface area (Å²) in [6, 6.07) is 0. The molecular formula is C5H9N5O2. The molecule has 1 heterocycles. The lowest BCUT2D eigenvalue weighted by molar-refractivity contribution is -0.138. The number of hydrogen-bond acceptors (Lipinski definition) is 5. The lowest BCUT2D eigenvalue weighted by Crippen LogP contribution is -2.24. The number of aryl methyl sites for hydroxylation is 1. The van der Waals surface area contributed by atoms with Crippen LogP contribution in [0.15, 0.2) is 0 Å². The van der Waals surface area contributed by atoms with E-state index in [-0.39, 0.29) is 12.4 Å². The highest BCUT2D eigenvalue weighted by molar-refractivity contribution is 5.75. The minimum Gasteiger partial charge on any atom is -0.481 e. The fraction of sp³-hybridized carbons (Fsp3) is 0.600. The van der Waals surface area contributed by atoms with Crippen LogP contribution < -0.4 is 5.73 Å². The molecule has 0 aliphatic rings. The number of carbonyl (C=O) groups is 1. The van der Waals surface area contributed by atoms with Crippen molar-refractivity contribution in [2.75, 3.05) is 6.54 Å². The van der Waals surface area contributed by atoms with E-state index in [2.05, 4.69) is 15.5 Å². The molecule has 0 radical (unpaired) electrons. The molecule has 0 aromatic carbocycles.